The van der Waals surface area contributed by atoms with Gasteiger partial charge in [0.1, 0.15) is 21.5 Å². The van der Waals surface area contributed by atoms with E-state index in [1.807, 2.05) is 60.7 Å². The second kappa shape index (κ2) is 6.51. The van der Waals surface area contributed by atoms with E-state index in [1.54, 1.807) is 7.11 Å². The summed E-state index contributed by atoms with van der Waals surface area (Å²) in [5.41, 5.74) is 10.6. The molecule has 26 heavy (non-hydrogen) atoms. The zero-order valence-electron chi connectivity index (χ0n) is 14.1. The molecule has 0 saturated carbocycles. The van der Waals surface area contributed by atoms with Crippen LogP contribution in [-0.4, -0.2) is 12.1 Å². The van der Waals surface area contributed by atoms with Crippen molar-refractivity contribution in [3.05, 3.63) is 65.5 Å². The lowest BCUT2D eigenvalue weighted by Crippen LogP contribution is -1.91. The molecular weight excluding hydrogens is 342 g/mol. The minimum absolute atomic E-state index is 0.497. The monoisotopic (exact) mass is 357 g/mol. The summed E-state index contributed by atoms with van der Waals surface area (Å²) in [5.74, 6) is 0.797. The highest BCUT2D eigenvalue weighted by Gasteiger charge is 2.17. The van der Waals surface area contributed by atoms with Crippen molar-refractivity contribution in [2.45, 2.75) is 0 Å². The summed E-state index contributed by atoms with van der Waals surface area (Å²) in [6.45, 7) is 0. The van der Waals surface area contributed by atoms with Gasteiger partial charge in [0.25, 0.3) is 0 Å². The van der Waals surface area contributed by atoms with Crippen molar-refractivity contribution >= 4 is 27.2 Å². The topological polar surface area (TPSA) is 71.9 Å². The van der Waals surface area contributed by atoms with Crippen LogP contribution in [0, 0.1) is 11.3 Å². The number of fused-ring (bicyclic) bond motifs is 1. The summed E-state index contributed by atoms with van der Waals surface area (Å²) in [6, 6.07) is 22.0. The van der Waals surface area contributed by atoms with Crippen molar-refractivity contribution in [2.75, 3.05) is 12.8 Å². The fourth-order valence-corrected chi connectivity index (χ4v) is 3.88. The molecule has 0 fully saturated rings. The molecule has 0 bridgehead atoms. The van der Waals surface area contributed by atoms with Gasteiger partial charge in [0.05, 0.1) is 18.5 Å². The smallest absolute Gasteiger partial charge is 0.130 e. The number of benzene rings is 2. The van der Waals surface area contributed by atoms with Crippen LogP contribution in [0.2, 0.25) is 0 Å². The number of nitrogens with two attached hydrogens (primary N) is 1. The molecule has 5 heteroatoms. The third kappa shape index (κ3) is 2.67. The number of aromatic nitrogens is 1. The Morgan fingerprint density at radius 1 is 1.04 bits per heavy atom. The van der Waals surface area contributed by atoms with E-state index in [0.717, 1.165) is 38.4 Å². The van der Waals surface area contributed by atoms with E-state index in [4.69, 9.17) is 15.5 Å². The van der Waals surface area contributed by atoms with Crippen LogP contribution in [0.3, 0.4) is 0 Å². The van der Waals surface area contributed by atoms with E-state index in [9.17, 15) is 5.26 Å². The summed E-state index contributed by atoms with van der Waals surface area (Å²) in [7, 11) is 1.64. The minimum Gasteiger partial charge on any atom is -0.497 e. The summed E-state index contributed by atoms with van der Waals surface area (Å²) < 4.78 is 5.23. The van der Waals surface area contributed by atoms with E-state index < -0.39 is 0 Å². The average molecular weight is 357 g/mol. The van der Waals surface area contributed by atoms with Crippen LogP contribution in [0.25, 0.3) is 32.6 Å². The van der Waals surface area contributed by atoms with E-state index in [0.29, 0.717) is 10.6 Å². The van der Waals surface area contributed by atoms with Gasteiger partial charge in [0.15, 0.2) is 0 Å². The Kier molecular flexibility index (Phi) is 4.04. The maximum Gasteiger partial charge on any atom is 0.130 e. The fraction of sp³-hybridized carbons (Fsp3) is 0.0476. The number of nitrogens with zero attached hydrogens (tertiary/aromatic N) is 2. The molecule has 0 unspecified atom stereocenters. The van der Waals surface area contributed by atoms with Gasteiger partial charge in [-0.3, -0.25) is 0 Å². The van der Waals surface area contributed by atoms with Crippen molar-refractivity contribution in [1.82, 2.24) is 4.98 Å². The fourth-order valence-electron chi connectivity index (χ4n) is 2.96. The molecule has 0 atom stereocenters. The normalized spacial score (nSPS) is 10.6. The quantitative estimate of drug-likeness (QED) is 0.554. The van der Waals surface area contributed by atoms with E-state index in [1.165, 1.54) is 11.3 Å². The molecule has 0 aliphatic rings. The summed E-state index contributed by atoms with van der Waals surface area (Å²) >= 11 is 1.33. The molecule has 2 N–H and O–H groups in total. The molecule has 2 heterocycles. The van der Waals surface area contributed by atoms with Gasteiger partial charge in [0, 0.05) is 10.9 Å². The van der Waals surface area contributed by atoms with E-state index >= 15 is 0 Å². The first kappa shape index (κ1) is 16.1. The first-order valence-electron chi connectivity index (χ1n) is 8.04. The molecule has 0 saturated heterocycles. The molecule has 0 radical (unpaired) electrons. The number of nitriles is 1. The Morgan fingerprint density at radius 2 is 1.77 bits per heavy atom. The zero-order chi connectivity index (χ0) is 18.1. The second-order valence-corrected chi connectivity index (χ2v) is 6.79. The predicted octanol–water partition coefficient (Wildman–Crippen LogP) is 5.09. The Balaban J connectivity index is 2.00. The van der Waals surface area contributed by atoms with Crippen molar-refractivity contribution in [2.24, 2.45) is 0 Å². The Bertz CT molecular complexity index is 1130. The van der Waals surface area contributed by atoms with Crippen LogP contribution in [0.4, 0.5) is 5.69 Å². The van der Waals surface area contributed by atoms with Crippen LogP contribution >= 0.6 is 11.3 Å². The Labute approximate surface area is 155 Å². The van der Waals surface area contributed by atoms with Crippen LogP contribution < -0.4 is 10.5 Å². The standard InChI is InChI=1S/C21H15N3OS/c1-25-15-9-7-14(8-10-15)17-11-16(13-5-3-2-4-6-13)19-20(23)18(12-22)26-21(19)24-17/h2-11H,23H2,1H3. The molecular formula is C21H15N3OS. The van der Waals surface area contributed by atoms with Gasteiger partial charge in [-0.05, 0) is 41.5 Å². The minimum atomic E-state index is 0.497. The lowest BCUT2D eigenvalue weighted by atomic mass is 9.99. The number of hydrogen-bond acceptors (Lipinski definition) is 5. The first-order chi connectivity index (χ1) is 12.7. The van der Waals surface area contributed by atoms with Crippen molar-refractivity contribution in [3.8, 4) is 34.2 Å². The third-order valence-electron chi connectivity index (χ3n) is 4.27. The molecule has 126 valence electrons. The number of methoxy groups -OCH3 is 1. The molecule has 2 aromatic heterocycles. The number of rotatable bonds is 3. The van der Waals surface area contributed by atoms with Gasteiger partial charge in [0.2, 0.25) is 0 Å². The summed E-state index contributed by atoms with van der Waals surface area (Å²) in [5, 5.41) is 10.2. The second-order valence-electron chi connectivity index (χ2n) is 5.79. The molecule has 4 nitrogen and oxygen atoms in total. The maximum absolute atomic E-state index is 9.36. The molecule has 4 rings (SSSR count). The highest BCUT2D eigenvalue weighted by atomic mass is 32.1. The molecule has 2 aromatic carbocycles. The van der Waals surface area contributed by atoms with Crippen LogP contribution in [0.15, 0.2) is 60.7 Å². The molecule has 0 aliphatic carbocycles. The lowest BCUT2D eigenvalue weighted by Gasteiger charge is -2.09. The van der Waals surface area contributed by atoms with Crippen molar-refractivity contribution < 1.29 is 4.74 Å². The molecule has 0 aliphatic heterocycles. The van der Waals surface area contributed by atoms with Gasteiger partial charge in [-0.25, -0.2) is 4.98 Å². The highest BCUT2D eigenvalue weighted by molar-refractivity contribution is 7.20. The largest absolute Gasteiger partial charge is 0.497 e. The number of pyridine rings is 1. The third-order valence-corrected chi connectivity index (χ3v) is 5.28. The summed E-state index contributed by atoms with van der Waals surface area (Å²) in [4.78, 5) is 6.03. The van der Waals surface area contributed by atoms with Crippen molar-refractivity contribution in [3.63, 3.8) is 0 Å². The van der Waals surface area contributed by atoms with Crippen LogP contribution in [0.1, 0.15) is 4.88 Å². The SMILES string of the molecule is COc1ccc(-c2cc(-c3ccccc3)c3c(N)c(C#N)sc3n2)cc1. The van der Waals surface area contributed by atoms with E-state index in [2.05, 4.69) is 6.07 Å². The zero-order valence-corrected chi connectivity index (χ0v) is 14.9. The number of ether oxygens (including phenoxy) is 1. The summed E-state index contributed by atoms with van der Waals surface area (Å²) in [6.07, 6.45) is 0. The number of thiophene rings is 1. The van der Waals surface area contributed by atoms with Gasteiger partial charge in [-0.2, -0.15) is 5.26 Å². The van der Waals surface area contributed by atoms with Crippen molar-refractivity contribution in [1.29, 1.82) is 5.26 Å². The lowest BCUT2D eigenvalue weighted by molar-refractivity contribution is 0.415. The molecule has 0 amide bonds. The van der Waals surface area contributed by atoms with Gasteiger partial charge >= 0.3 is 0 Å². The molecule has 0 spiro atoms. The maximum atomic E-state index is 9.36. The van der Waals surface area contributed by atoms with Gasteiger partial charge in [-0.15, -0.1) is 11.3 Å². The number of hydrogen-bond donors (Lipinski definition) is 1. The van der Waals surface area contributed by atoms with Crippen LogP contribution in [-0.2, 0) is 0 Å². The molecule has 4 aromatic rings. The number of nitrogen functional groups attached to an aromatic ring is 1. The Morgan fingerprint density at radius 3 is 2.42 bits per heavy atom. The first-order valence-corrected chi connectivity index (χ1v) is 8.86. The van der Waals surface area contributed by atoms with Gasteiger partial charge < -0.3 is 10.5 Å². The highest BCUT2D eigenvalue weighted by Crippen LogP contribution is 2.41. The van der Waals surface area contributed by atoms with Crippen LogP contribution in [0.5, 0.6) is 5.75 Å². The Hall–Kier alpha value is -3.36. The van der Waals surface area contributed by atoms with E-state index in [-0.39, 0.29) is 0 Å². The predicted molar refractivity (Wildman–Crippen MR) is 106 cm³/mol. The van der Waals surface area contributed by atoms with Gasteiger partial charge in [-0.1, -0.05) is 30.3 Å². The number of anilines is 1. The average Bonchev–Trinajstić information content (AvgIpc) is 3.04.